The average Bonchev–Trinajstić information content (AvgIpc) is 2.72. The Balaban J connectivity index is 2.28. The quantitative estimate of drug-likeness (QED) is 0.886. The third-order valence-electron chi connectivity index (χ3n) is 2.75. The molecule has 0 amide bonds. The van der Waals surface area contributed by atoms with Crippen LogP contribution in [0.2, 0.25) is 0 Å². The fraction of sp³-hybridized carbons (Fsp3) is 0.462. The summed E-state index contributed by atoms with van der Waals surface area (Å²) in [4.78, 5) is 7.02. The van der Waals surface area contributed by atoms with Crippen LogP contribution in [0.3, 0.4) is 0 Å². The van der Waals surface area contributed by atoms with E-state index >= 15 is 0 Å². The van der Waals surface area contributed by atoms with Crippen LogP contribution in [0, 0.1) is 0 Å². The zero-order chi connectivity index (χ0) is 12.3. The van der Waals surface area contributed by atoms with Crippen molar-refractivity contribution in [2.24, 2.45) is 5.73 Å². The first-order chi connectivity index (χ1) is 8.22. The Bertz CT molecular complexity index is 445. The fourth-order valence-corrected chi connectivity index (χ4v) is 2.94. The van der Waals surface area contributed by atoms with Gasteiger partial charge in [0, 0.05) is 12.6 Å². The van der Waals surface area contributed by atoms with Crippen molar-refractivity contribution in [3.63, 3.8) is 0 Å². The zero-order valence-corrected chi connectivity index (χ0v) is 11.2. The highest BCUT2D eigenvalue weighted by atomic mass is 32.1. The van der Waals surface area contributed by atoms with E-state index in [0.29, 0.717) is 6.04 Å². The summed E-state index contributed by atoms with van der Waals surface area (Å²) in [5.41, 5.74) is 6.68. The van der Waals surface area contributed by atoms with Crippen molar-refractivity contribution in [2.45, 2.75) is 26.3 Å². The van der Waals surface area contributed by atoms with E-state index in [1.165, 1.54) is 4.70 Å². The molecule has 0 saturated heterocycles. The van der Waals surface area contributed by atoms with Crippen molar-refractivity contribution in [3.8, 4) is 0 Å². The van der Waals surface area contributed by atoms with E-state index in [9.17, 15) is 0 Å². The van der Waals surface area contributed by atoms with Gasteiger partial charge >= 0.3 is 0 Å². The summed E-state index contributed by atoms with van der Waals surface area (Å²) in [6.07, 6.45) is 1.01. The van der Waals surface area contributed by atoms with E-state index in [-0.39, 0.29) is 0 Å². The van der Waals surface area contributed by atoms with E-state index in [1.807, 2.05) is 6.07 Å². The summed E-state index contributed by atoms with van der Waals surface area (Å²) in [5, 5.41) is 1.11. The molecule has 2 rings (SSSR count). The highest BCUT2D eigenvalue weighted by Crippen LogP contribution is 2.29. The second kappa shape index (κ2) is 5.47. The minimum Gasteiger partial charge on any atom is -0.346 e. The molecule has 0 aliphatic rings. The molecule has 92 valence electrons. The predicted molar refractivity (Wildman–Crippen MR) is 75.8 cm³/mol. The van der Waals surface area contributed by atoms with Crippen LogP contribution >= 0.6 is 11.3 Å². The van der Waals surface area contributed by atoms with Crippen LogP contribution in [-0.4, -0.2) is 24.1 Å². The van der Waals surface area contributed by atoms with Gasteiger partial charge in [-0.1, -0.05) is 23.5 Å². The van der Waals surface area contributed by atoms with Gasteiger partial charge in [0.05, 0.1) is 10.2 Å². The lowest BCUT2D eigenvalue weighted by molar-refractivity contribution is 0.656. The van der Waals surface area contributed by atoms with Gasteiger partial charge in [-0.15, -0.1) is 0 Å². The molecule has 0 fully saturated rings. The van der Waals surface area contributed by atoms with Gasteiger partial charge in [0.1, 0.15) is 0 Å². The van der Waals surface area contributed by atoms with E-state index in [4.69, 9.17) is 10.7 Å². The van der Waals surface area contributed by atoms with Crippen LogP contribution < -0.4 is 10.6 Å². The van der Waals surface area contributed by atoms with Crippen LogP contribution in [0.5, 0.6) is 0 Å². The third-order valence-corrected chi connectivity index (χ3v) is 3.83. The van der Waals surface area contributed by atoms with Crippen molar-refractivity contribution < 1.29 is 0 Å². The average molecular weight is 249 g/mol. The number of hydrogen-bond acceptors (Lipinski definition) is 4. The topological polar surface area (TPSA) is 42.1 Å². The van der Waals surface area contributed by atoms with E-state index in [2.05, 4.69) is 36.9 Å². The molecule has 1 aromatic carbocycles. The zero-order valence-electron chi connectivity index (χ0n) is 10.4. The lowest BCUT2D eigenvalue weighted by Gasteiger charge is -2.25. The summed E-state index contributed by atoms with van der Waals surface area (Å²) in [7, 11) is 0. The van der Waals surface area contributed by atoms with Crippen molar-refractivity contribution in [3.05, 3.63) is 24.3 Å². The highest BCUT2D eigenvalue weighted by Gasteiger charge is 2.14. The van der Waals surface area contributed by atoms with Crippen LogP contribution in [0.4, 0.5) is 5.13 Å². The summed E-state index contributed by atoms with van der Waals surface area (Å²) in [5.74, 6) is 0. The first kappa shape index (κ1) is 12.3. The van der Waals surface area contributed by atoms with Gasteiger partial charge in [0.25, 0.3) is 0 Å². The van der Waals surface area contributed by atoms with Gasteiger partial charge in [0.2, 0.25) is 0 Å². The molecule has 3 nitrogen and oxygen atoms in total. The summed E-state index contributed by atoms with van der Waals surface area (Å²) >= 11 is 1.76. The number of nitrogens with zero attached hydrogens (tertiary/aromatic N) is 2. The van der Waals surface area contributed by atoms with E-state index in [1.54, 1.807) is 11.3 Å². The summed E-state index contributed by atoms with van der Waals surface area (Å²) < 4.78 is 1.25. The number of aromatic nitrogens is 1. The maximum absolute atomic E-state index is 5.59. The molecule has 0 saturated carbocycles. The van der Waals surface area contributed by atoms with Crippen molar-refractivity contribution in [1.82, 2.24) is 4.98 Å². The lowest BCUT2D eigenvalue weighted by Crippen LogP contribution is -2.32. The molecule has 2 N–H and O–H groups in total. The molecule has 0 radical (unpaired) electrons. The van der Waals surface area contributed by atoms with Crippen LogP contribution in [-0.2, 0) is 0 Å². The van der Waals surface area contributed by atoms with Gasteiger partial charge < -0.3 is 10.6 Å². The molecule has 1 aromatic heterocycles. The Morgan fingerprint density at radius 2 is 2.12 bits per heavy atom. The Kier molecular flexibility index (Phi) is 3.97. The Morgan fingerprint density at radius 3 is 2.76 bits per heavy atom. The maximum atomic E-state index is 5.59. The van der Waals surface area contributed by atoms with Crippen LogP contribution in [0.15, 0.2) is 24.3 Å². The van der Waals surface area contributed by atoms with Gasteiger partial charge in [-0.05, 0) is 38.9 Å². The molecule has 17 heavy (non-hydrogen) atoms. The Morgan fingerprint density at radius 1 is 1.35 bits per heavy atom. The smallest absolute Gasteiger partial charge is 0.186 e. The number of para-hydroxylation sites is 1. The molecule has 1 heterocycles. The van der Waals surface area contributed by atoms with Crippen molar-refractivity contribution in [2.75, 3.05) is 18.0 Å². The van der Waals surface area contributed by atoms with Gasteiger partial charge in [-0.2, -0.15) is 0 Å². The molecule has 0 aliphatic heterocycles. The number of benzene rings is 1. The molecule has 0 atom stereocenters. The first-order valence-electron chi connectivity index (χ1n) is 6.04. The fourth-order valence-electron chi connectivity index (χ4n) is 1.82. The van der Waals surface area contributed by atoms with Crippen LogP contribution in [0.1, 0.15) is 20.3 Å². The largest absolute Gasteiger partial charge is 0.346 e. The molecule has 2 aromatic rings. The van der Waals surface area contributed by atoms with Crippen LogP contribution in [0.25, 0.3) is 10.2 Å². The Labute approximate surface area is 106 Å². The molecular formula is C13H19N3S. The first-order valence-corrected chi connectivity index (χ1v) is 6.86. The molecule has 4 heteroatoms. The molecule has 0 bridgehead atoms. The molecule has 0 aliphatic carbocycles. The van der Waals surface area contributed by atoms with Gasteiger partial charge in [-0.25, -0.2) is 4.98 Å². The SMILES string of the molecule is CC(C)N(CCCN)c1nc2ccccc2s1. The summed E-state index contributed by atoms with van der Waals surface area (Å²) in [6.45, 7) is 6.10. The Hall–Kier alpha value is -1.13. The monoisotopic (exact) mass is 249 g/mol. The minimum atomic E-state index is 0.460. The highest BCUT2D eigenvalue weighted by molar-refractivity contribution is 7.22. The van der Waals surface area contributed by atoms with Gasteiger partial charge in [-0.3, -0.25) is 0 Å². The number of nitrogens with two attached hydrogens (primary N) is 1. The van der Waals surface area contributed by atoms with Crippen molar-refractivity contribution >= 4 is 26.7 Å². The number of thiazole rings is 1. The molecular weight excluding hydrogens is 230 g/mol. The minimum absolute atomic E-state index is 0.460. The lowest BCUT2D eigenvalue weighted by atomic mass is 10.3. The number of hydrogen-bond donors (Lipinski definition) is 1. The normalized spacial score (nSPS) is 11.3. The van der Waals surface area contributed by atoms with Crippen molar-refractivity contribution in [1.29, 1.82) is 0 Å². The number of fused-ring (bicyclic) bond motifs is 1. The van der Waals surface area contributed by atoms with E-state index in [0.717, 1.165) is 30.2 Å². The second-order valence-corrected chi connectivity index (χ2v) is 5.40. The summed E-state index contributed by atoms with van der Waals surface area (Å²) in [6, 6.07) is 8.74. The number of rotatable bonds is 5. The molecule has 0 unspecified atom stereocenters. The van der Waals surface area contributed by atoms with E-state index < -0.39 is 0 Å². The number of anilines is 1. The second-order valence-electron chi connectivity index (χ2n) is 4.39. The third kappa shape index (κ3) is 2.76. The predicted octanol–water partition coefficient (Wildman–Crippen LogP) is 2.86. The maximum Gasteiger partial charge on any atom is 0.186 e. The van der Waals surface area contributed by atoms with Gasteiger partial charge in [0.15, 0.2) is 5.13 Å². The molecule has 0 spiro atoms. The standard InChI is InChI=1S/C13H19N3S/c1-10(2)16(9-5-8-14)13-15-11-6-3-4-7-12(11)17-13/h3-4,6-7,10H,5,8-9,14H2,1-2H3.